The predicted molar refractivity (Wildman–Crippen MR) is 65.9 cm³/mol. The molecule has 0 aromatic carbocycles. The molecule has 16 heavy (non-hydrogen) atoms. The van der Waals surface area contributed by atoms with Crippen molar-refractivity contribution < 1.29 is 0 Å². The molecular weight excluding hydrogens is 198 g/mol. The zero-order valence-electron chi connectivity index (χ0n) is 10.1. The van der Waals surface area contributed by atoms with Crippen LogP contribution in [0.5, 0.6) is 0 Å². The third kappa shape index (κ3) is 2.10. The zero-order chi connectivity index (χ0) is 11.0. The Morgan fingerprint density at radius 3 is 2.38 bits per heavy atom. The summed E-state index contributed by atoms with van der Waals surface area (Å²) in [6.45, 7) is 4.87. The van der Waals surface area contributed by atoms with Gasteiger partial charge in [-0.3, -0.25) is 10.3 Å². The van der Waals surface area contributed by atoms with Gasteiger partial charge in [0.25, 0.3) is 0 Å². The van der Waals surface area contributed by atoms with E-state index in [4.69, 9.17) is 5.41 Å². The summed E-state index contributed by atoms with van der Waals surface area (Å²) in [5.41, 5.74) is 0. The van der Waals surface area contributed by atoms with Gasteiger partial charge in [-0.2, -0.15) is 0 Å². The van der Waals surface area contributed by atoms with Crippen LogP contribution in [0, 0.1) is 11.3 Å². The average molecular weight is 221 g/mol. The minimum Gasteiger partial charge on any atom is -0.359 e. The van der Waals surface area contributed by atoms with Gasteiger partial charge in [0.15, 0.2) is 0 Å². The van der Waals surface area contributed by atoms with Crippen LogP contribution in [-0.4, -0.2) is 47.9 Å². The number of likely N-dealkylation sites (tertiary alicyclic amines) is 2. The van der Waals surface area contributed by atoms with Crippen molar-refractivity contribution in [3.05, 3.63) is 0 Å². The van der Waals surface area contributed by atoms with Crippen LogP contribution in [0.15, 0.2) is 0 Å². The SMILES string of the molecule is N=C(C1CC1)N1CCC(N2CCCCC2)C1. The highest BCUT2D eigenvalue weighted by Gasteiger charge is 2.35. The van der Waals surface area contributed by atoms with Gasteiger partial charge >= 0.3 is 0 Å². The number of hydrogen-bond donors (Lipinski definition) is 1. The van der Waals surface area contributed by atoms with Crippen LogP contribution < -0.4 is 0 Å². The van der Waals surface area contributed by atoms with Crippen LogP contribution in [-0.2, 0) is 0 Å². The second kappa shape index (κ2) is 4.36. The van der Waals surface area contributed by atoms with Gasteiger partial charge < -0.3 is 4.90 Å². The molecule has 3 heteroatoms. The van der Waals surface area contributed by atoms with Crippen molar-refractivity contribution in [2.75, 3.05) is 26.2 Å². The summed E-state index contributed by atoms with van der Waals surface area (Å²) in [4.78, 5) is 5.01. The number of nitrogens with zero attached hydrogens (tertiary/aromatic N) is 2. The second-order valence-electron chi connectivity index (χ2n) is 5.64. The van der Waals surface area contributed by atoms with Crippen LogP contribution in [0.2, 0.25) is 0 Å². The Morgan fingerprint density at radius 2 is 1.69 bits per heavy atom. The summed E-state index contributed by atoms with van der Waals surface area (Å²) < 4.78 is 0. The summed E-state index contributed by atoms with van der Waals surface area (Å²) >= 11 is 0. The van der Waals surface area contributed by atoms with Gasteiger partial charge in [-0.1, -0.05) is 6.42 Å². The summed E-state index contributed by atoms with van der Waals surface area (Å²) in [6, 6.07) is 0.749. The Hall–Kier alpha value is -0.570. The van der Waals surface area contributed by atoms with E-state index in [9.17, 15) is 0 Å². The molecule has 1 N–H and O–H groups in total. The van der Waals surface area contributed by atoms with E-state index < -0.39 is 0 Å². The van der Waals surface area contributed by atoms with E-state index in [1.807, 2.05) is 0 Å². The molecule has 90 valence electrons. The Kier molecular flexibility index (Phi) is 2.88. The first-order chi connectivity index (χ1) is 7.84. The Bertz CT molecular complexity index is 266. The van der Waals surface area contributed by atoms with Gasteiger partial charge in [0.05, 0.1) is 5.84 Å². The molecule has 0 aromatic rings. The van der Waals surface area contributed by atoms with Crippen molar-refractivity contribution in [1.82, 2.24) is 9.80 Å². The lowest BCUT2D eigenvalue weighted by Crippen LogP contribution is -2.41. The third-order valence-electron chi connectivity index (χ3n) is 4.38. The molecule has 0 aromatic heterocycles. The van der Waals surface area contributed by atoms with Crippen LogP contribution in [0.4, 0.5) is 0 Å². The summed E-state index contributed by atoms with van der Waals surface area (Å²) in [7, 11) is 0. The van der Waals surface area contributed by atoms with Crippen LogP contribution in [0.3, 0.4) is 0 Å². The Labute approximate surface area is 98.3 Å². The molecule has 1 aliphatic carbocycles. The largest absolute Gasteiger partial charge is 0.359 e. The summed E-state index contributed by atoms with van der Waals surface area (Å²) in [6.07, 6.45) is 8.01. The normalized spacial score (nSPS) is 32.0. The maximum Gasteiger partial charge on any atom is 0.0990 e. The van der Waals surface area contributed by atoms with Crippen LogP contribution in [0.25, 0.3) is 0 Å². The molecule has 0 bridgehead atoms. The fourth-order valence-electron chi connectivity index (χ4n) is 3.16. The van der Waals surface area contributed by atoms with Crippen molar-refractivity contribution in [2.45, 2.75) is 44.6 Å². The van der Waals surface area contributed by atoms with Crippen molar-refractivity contribution in [3.8, 4) is 0 Å². The minimum atomic E-state index is 0.625. The third-order valence-corrected chi connectivity index (χ3v) is 4.38. The van der Waals surface area contributed by atoms with Gasteiger partial charge in [-0.15, -0.1) is 0 Å². The van der Waals surface area contributed by atoms with E-state index in [0.717, 1.165) is 25.0 Å². The van der Waals surface area contributed by atoms with Crippen molar-refractivity contribution in [2.24, 2.45) is 5.92 Å². The van der Waals surface area contributed by atoms with Gasteiger partial charge in [0, 0.05) is 25.0 Å². The fourth-order valence-corrected chi connectivity index (χ4v) is 3.16. The van der Waals surface area contributed by atoms with E-state index in [0.29, 0.717) is 5.92 Å². The molecule has 1 unspecified atom stereocenters. The molecule has 2 saturated heterocycles. The Morgan fingerprint density at radius 1 is 0.938 bits per heavy atom. The minimum absolute atomic E-state index is 0.625. The van der Waals surface area contributed by atoms with E-state index >= 15 is 0 Å². The van der Waals surface area contributed by atoms with Crippen molar-refractivity contribution in [3.63, 3.8) is 0 Å². The molecule has 1 atom stereocenters. The molecular formula is C13H23N3. The highest BCUT2D eigenvalue weighted by atomic mass is 15.3. The van der Waals surface area contributed by atoms with Gasteiger partial charge in [-0.05, 0) is 45.2 Å². The second-order valence-corrected chi connectivity index (χ2v) is 5.64. The molecule has 0 spiro atoms. The lowest BCUT2D eigenvalue weighted by molar-refractivity contribution is 0.168. The van der Waals surface area contributed by atoms with Gasteiger partial charge in [-0.25, -0.2) is 0 Å². The molecule has 3 rings (SSSR count). The maximum absolute atomic E-state index is 8.11. The van der Waals surface area contributed by atoms with E-state index in [1.165, 1.54) is 51.6 Å². The number of rotatable bonds is 2. The molecule has 2 aliphatic heterocycles. The predicted octanol–water partition coefficient (Wildman–Crippen LogP) is 1.93. The van der Waals surface area contributed by atoms with Crippen LogP contribution in [0.1, 0.15) is 38.5 Å². The topological polar surface area (TPSA) is 30.3 Å². The van der Waals surface area contributed by atoms with E-state index in [1.54, 1.807) is 0 Å². The molecule has 3 fully saturated rings. The molecule has 0 amide bonds. The zero-order valence-corrected chi connectivity index (χ0v) is 10.1. The number of amidine groups is 1. The van der Waals surface area contributed by atoms with Crippen molar-refractivity contribution in [1.29, 1.82) is 5.41 Å². The monoisotopic (exact) mass is 221 g/mol. The average Bonchev–Trinajstić information content (AvgIpc) is 3.07. The van der Waals surface area contributed by atoms with E-state index in [2.05, 4.69) is 9.80 Å². The van der Waals surface area contributed by atoms with Crippen molar-refractivity contribution >= 4 is 5.84 Å². The highest BCUT2D eigenvalue weighted by Crippen LogP contribution is 2.33. The first-order valence-corrected chi connectivity index (χ1v) is 6.92. The molecule has 2 heterocycles. The van der Waals surface area contributed by atoms with E-state index in [-0.39, 0.29) is 0 Å². The Balaban J connectivity index is 1.53. The fraction of sp³-hybridized carbons (Fsp3) is 0.923. The van der Waals surface area contributed by atoms with Gasteiger partial charge in [0.1, 0.15) is 0 Å². The quantitative estimate of drug-likeness (QED) is 0.570. The number of hydrogen-bond acceptors (Lipinski definition) is 2. The molecule has 0 radical (unpaired) electrons. The standard InChI is InChI=1S/C13H23N3/c14-13(11-4-5-11)16-9-6-12(10-16)15-7-2-1-3-8-15/h11-12,14H,1-10H2. The van der Waals surface area contributed by atoms with Gasteiger partial charge in [0.2, 0.25) is 0 Å². The first kappa shape index (κ1) is 10.6. The highest BCUT2D eigenvalue weighted by molar-refractivity contribution is 5.84. The summed E-state index contributed by atoms with van der Waals surface area (Å²) in [5, 5.41) is 8.11. The lowest BCUT2D eigenvalue weighted by atomic mass is 10.1. The smallest absolute Gasteiger partial charge is 0.0990 e. The first-order valence-electron chi connectivity index (χ1n) is 6.92. The summed E-state index contributed by atoms with van der Waals surface area (Å²) in [5.74, 6) is 1.57. The maximum atomic E-state index is 8.11. The molecule has 1 saturated carbocycles. The number of piperidine rings is 1. The van der Waals surface area contributed by atoms with Crippen LogP contribution >= 0.6 is 0 Å². The lowest BCUT2D eigenvalue weighted by Gasteiger charge is -2.32. The molecule has 3 nitrogen and oxygen atoms in total. The molecule has 3 aliphatic rings. The number of nitrogens with one attached hydrogen (secondary N) is 1.